The molecule has 18 heavy (non-hydrogen) atoms. The Kier molecular flexibility index (Phi) is 4.10. The normalized spacial score (nSPS) is 13.0. The van der Waals surface area contributed by atoms with Gasteiger partial charge in [0.05, 0.1) is 5.69 Å². The molecule has 3 nitrogen and oxygen atoms in total. The standard InChI is InChI=1S/C13H14BrClN2O/c1-8(2)17-12(5-6-16-17)13(18)10-7-9(14)3-4-11(10)15/h3-8,13,18H,1-2H3. The minimum atomic E-state index is -0.778. The Labute approximate surface area is 120 Å². The zero-order chi connectivity index (χ0) is 13.3. The topological polar surface area (TPSA) is 38.0 Å². The fourth-order valence-corrected chi connectivity index (χ4v) is 2.46. The molecule has 0 saturated carbocycles. The van der Waals surface area contributed by atoms with Gasteiger partial charge in [0.15, 0.2) is 0 Å². The smallest absolute Gasteiger partial charge is 0.122 e. The molecular weight excluding hydrogens is 316 g/mol. The first kappa shape index (κ1) is 13.6. The van der Waals surface area contributed by atoms with Gasteiger partial charge >= 0.3 is 0 Å². The number of hydrogen-bond acceptors (Lipinski definition) is 2. The Morgan fingerprint density at radius 3 is 2.72 bits per heavy atom. The van der Waals surface area contributed by atoms with Crippen molar-refractivity contribution < 1.29 is 5.11 Å². The van der Waals surface area contributed by atoms with Crippen LogP contribution >= 0.6 is 27.5 Å². The third-order valence-electron chi connectivity index (χ3n) is 2.72. The molecule has 0 amide bonds. The molecule has 5 heteroatoms. The molecule has 1 aromatic carbocycles. The van der Waals surface area contributed by atoms with Crippen LogP contribution in [0.1, 0.15) is 37.3 Å². The second-order valence-corrected chi connectivity index (χ2v) is 5.69. The lowest BCUT2D eigenvalue weighted by Crippen LogP contribution is -2.12. The number of halogens is 2. The van der Waals surface area contributed by atoms with E-state index in [9.17, 15) is 5.11 Å². The Bertz CT molecular complexity index is 554. The minimum Gasteiger partial charge on any atom is -0.382 e. The molecule has 1 heterocycles. The molecule has 96 valence electrons. The number of aromatic nitrogens is 2. The minimum absolute atomic E-state index is 0.190. The second kappa shape index (κ2) is 5.43. The van der Waals surface area contributed by atoms with Gasteiger partial charge in [-0.05, 0) is 38.1 Å². The molecule has 0 radical (unpaired) electrons. The van der Waals surface area contributed by atoms with E-state index in [1.165, 1.54) is 0 Å². The predicted molar refractivity (Wildman–Crippen MR) is 75.8 cm³/mol. The molecule has 0 saturated heterocycles. The highest BCUT2D eigenvalue weighted by Gasteiger charge is 2.19. The van der Waals surface area contributed by atoms with Gasteiger partial charge in [0.1, 0.15) is 6.10 Å². The van der Waals surface area contributed by atoms with Crippen molar-refractivity contribution in [2.45, 2.75) is 26.0 Å². The van der Waals surface area contributed by atoms with Crippen LogP contribution in [-0.4, -0.2) is 14.9 Å². The van der Waals surface area contributed by atoms with Crippen molar-refractivity contribution >= 4 is 27.5 Å². The number of aliphatic hydroxyl groups is 1. The summed E-state index contributed by atoms with van der Waals surface area (Å²) in [5.74, 6) is 0. The first-order chi connectivity index (χ1) is 8.50. The Morgan fingerprint density at radius 1 is 1.33 bits per heavy atom. The van der Waals surface area contributed by atoms with Crippen molar-refractivity contribution in [1.29, 1.82) is 0 Å². The fourth-order valence-electron chi connectivity index (χ4n) is 1.86. The summed E-state index contributed by atoms with van der Waals surface area (Å²) in [5, 5.41) is 15.2. The molecule has 1 atom stereocenters. The van der Waals surface area contributed by atoms with Gasteiger partial charge in [0.25, 0.3) is 0 Å². The molecule has 2 aromatic rings. The van der Waals surface area contributed by atoms with Crippen molar-refractivity contribution in [3.05, 3.63) is 51.2 Å². The Morgan fingerprint density at radius 2 is 2.06 bits per heavy atom. The predicted octanol–water partition coefficient (Wildman–Crippen LogP) is 3.96. The van der Waals surface area contributed by atoms with Gasteiger partial charge in [-0.1, -0.05) is 27.5 Å². The average Bonchev–Trinajstić information content (AvgIpc) is 2.80. The molecule has 0 aliphatic carbocycles. The molecule has 0 aliphatic rings. The van der Waals surface area contributed by atoms with Gasteiger partial charge in [-0.3, -0.25) is 4.68 Å². The zero-order valence-corrected chi connectivity index (χ0v) is 12.5. The van der Waals surface area contributed by atoms with Crippen LogP contribution in [0, 0.1) is 0 Å². The maximum Gasteiger partial charge on any atom is 0.122 e. The third-order valence-corrected chi connectivity index (χ3v) is 3.56. The fraction of sp³-hybridized carbons (Fsp3) is 0.308. The van der Waals surface area contributed by atoms with Crippen molar-refractivity contribution in [2.75, 3.05) is 0 Å². The van der Waals surface area contributed by atoms with E-state index in [4.69, 9.17) is 11.6 Å². The number of benzene rings is 1. The molecule has 2 rings (SSSR count). The highest BCUT2D eigenvalue weighted by atomic mass is 79.9. The maximum atomic E-state index is 10.4. The van der Waals surface area contributed by atoms with Crippen molar-refractivity contribution in [1.82, 2.24) is 9.78 Å². The first-order valence-corrected chi connectivity index (χ1v) is 6.84. The van der Waals surface area contributed by atoms with Gasteiger partial charge < -0.3 is 5.11 Å². The average molecular weight is 330 g/mol. The number of hydrogen-bond donors (Lipinski definition) is 1. The van der Waals surface area contributed by atoms with Crippen LogP contribution in [0.4, 0.5) is 0 Å². The van der Waals surface area contributed by atoms with E-state index in [0.29, 0.717) is 10.6 Å². The largest absolute Gasteiger partial charge is 0.382 e. The lowest BCUT2D eigenvalue weighted by Gasteiger charge is -2.17. The Balaban J connectivity index is 2.44. The summed E-state index contributed by atoms with van der Waals surface area (Å²) >= 11 is 9.51. The molecule has 0 spiro atoms. The quantitative estimate of drug-likeness (QED) is 0.925. The van der Waals surface area contributed by atoms with Crippen molar-refractivity contribution in [2.24, 2.45) is 0 Å². The molecular formula is C13H14BrClN2O. The van der Waals surface area contributed by atoms with Gasteiger partial charge in [0, 0.05) is 27.3 Å². The van der Waals surface area contributed by atoms with E-state index in [-0.39, 0.29) is 6.04 Å². The molecule has 1 unspecified atom stereocenters. The summed E-state index contributed by atoms with van der Waals surface area (Å²) in [6.07, 6.45) is 0.907. The van der Waals surface area contributed by atoms with E-state index in [1.54, 1.807) is 16.9 Å². The monoisotopic (exact) mass is 328 g/mol. The van der Waals surface area contributed by atoms with Crippen LogP contribution in [0.3, 0.4) is 0 Å². The van der Waals surface area contributed by atoms with E-state index in [0.717, 1.165) is 10.2 Å². The molecule has 1 aromatic heterocycles. The van der Waals surface area contributed by atoms with E-state index < -0.39 is 6.10 Å². The maximum absolute atomic E-state index is 10.4. The highest BCUT2D eigenvalue weighted by Crippen LogP contribution is 2.31. The molecule has 1 N–H and O–H groups in total. The van der Waals surface area contributed by atoms with Gasteiger partial charge in [0.2, 0.25) is 0 Å². The number of nitrogens with zero attached hydrogens (tertiary/aromatic N) is 2. The van der Waals surface area contributed by atoms with Crippen molar-refractivity contribution in [3.8, 4) is 0 Å². The third kappa shape index (κ3) is 2.60. The first-order valence-electron chi connectivity index (χ1n) is 5.67. The van der Waals surface area contributed by atoms with Crippen LogP contribution in [0.25, 0.3) is 0 Å². The van der Waals surface area contributed by atoms with Gasteiger partial charge in [-0.2, -0.15) is 5.10 Å². The lowest BCUT2D eigenvalue weighted by atomic mass is 10.1. The summed E-state index contributed by atoms with van der Waals surface area (Å²) in [6, 6.07) is 7.43. The van der Waals surface area contributed by atoms with Crippen LogP contribution in [-0.2, 0) is 0 Å². The summed E-state index contributed by atoms with van der Waals surface area (Å²) in [4.78, 5) is 0. The molecule has 0 bridgehead atoms. The zero-order valence-electron chi connectivity index (χ0n) is 10.1. The lowest BCUT2D eigenvalue weighted by molar-refractivity contribution is 0.205. The Hall–Kier alpha value is -0.840. The summed E-state index contributed by atoms with van der Waals surface area (Å²) in [7, 11) is 0. The summed E-state index contributed by atoms with van der Waals surface area (Å²) in [5.41, 5.74) is 1.42. The molecule has 0 aliphatic heterocycles. The summed E-state index contributed by atoms with van der Waals surface area (Å²) in [6.45, 7) is 4.04. The van der Waals surface area contributed by atoms with E-state index in [1.807, 2.05) is 32.0 Å². The second-order valence-electron chi connectivity index (χ2n) is 4.36. The highest BCUT2D eigenvalue weighted by molar-refractivity contribution is 9.10. The van der Waals surface area contributed by atoms with Crippen molar-refractivity contribution in [3.63, 3.8) is 0 Å². The van der Waals surface area contributed by atoms with Crippen LogP contribution in [0.5, 0.6) is 0 Å². The van der Waals surface area contributed by atoms with Crippen LogP contribution < -0.4 is 0 Å². The van der Waals surface area contributed by atoms with Crippen LogP contribution in [0.15, 0.2) is 34.9 Å². The van der Waals surface area contributed by atoms with Crippen LogP contribution in [0.2, 0.25) is 5.02 Å². The van der Waals surface area contributed by atoms with E-state index in [2.05, 4.69) is 21.0 Å². The van der Waals surface area contributed by atoms with Gasteiger partial charge in [-0.25, -0.2) is 0 Å². The van der Waals surface area contributed by atoms with E-state index >= 15 is 0 Å². The molecule has 0 fully saturated rings. The number of aliphatic hydroxyl groups excluding tert-OH is 1. The number of rotatable bonds is 3. The SMILES string of the molecule is CC(C)n1nccc1C(O)c1cc(Br)ccc1Cl. The van der Waals surface area contributed by atoms with Gasteiger partial charge in [-0.15, -0.1) is 0 Å². The summed E-state index contributed by atoms with van der Waals surface area (Å²) < 4.78 is 2.68.